The highest BCUT2D eigenvalue weighted by Crippen LogP contribution is 2.19. The van der Waals surface area contributed by atoms with Crippen LogP contribution in [-0.4, -0.2) is 17.6 Å². The van der Waals surface area contributed by atoms with Crippen LogP contribution in [0.1, 0.15) is 10.5 Å². The van der Waals surface area contributed by atoms with Crippen LogP contribution >= 0.6 is 0 Å². The number of nitrogens with two attached hydrogens (primary N) is 1. The van der Waals surface area contributed by atoms with Gasteiger partial charge in [0, 0.05) is 6.20 Å². The highest BCUT2D eigenvalue weighted by Gasteiger charge is 2.12. The summed E-state index contributed by atoms with van der Waals surface area (Å²) >= 11 is 0. The molecule has 0 aliphatic rings. The Bertz CT molecular complexity index is 517. The van der Waals surface area contributed by atoms with Gasteiger partial charge in [-0.2, -0.15) is 0 Å². The standard InChI is InChI=1S/C12H12N2O2/c1-16-12(15)11-7-4-8-14(11)10-6-3-2-5-9(10)13/h2-8H,13H2,1H3. The molecule has 1 aromatic carbocycles. The van der Waals surface area contributed by atoms with Crippen LogP contribution in [0.3, 0.4) is 0 Å². The summed E-state index contributed by atoms with van der Waals surface area (Å²) in [5.74, 6) is -0.381. The molecule has 1 aromatic heterocycles. The summed E-state index contributed by atoms with van der Waals surface area (Å²) in [5.41, 5.74) is 7.69. The van der Waals surface area contributed by atoms with E-state index in [1.807, 2.05) is 18.2 Å². The fourth-order valence-corrected chi connectivity index (χ4v) is 1.57. The fraction of sp³-hybridized carbons (Fsp3) is 0.0833. The highest BCUT2D eigenvalue weighted by molar-refractivity contribution is 5.88. The van der Waals surface area contributed by atoms with Gasteiger partial charge in [-0.3, -0.25) is 0 Å². The summed E-state index contributed by atoms with van der Waals surface area (Å²) < 4.78 is 6.41. The molecule has 0 unspecified atom stereocenters. The summed E-state index contributed by atoms with van der Waals surface area (Å²) in [6, 6.07) is 10.8. The average Bonchev–Trinajstić information content (AvgIpc) is 2.77. The topological polar surface area (TPSA) is 57.2 Å². The van der Waals surface area contributed by atoms with Gasteiger partial charge in [0.05, 0.1) is 18.5 Å². The number of ether oxygens (including phenoxy) is 1. The monoisotopic (exact) mass is 216 g/mol. The number of anilines is 1. The van der Waals surface area contributed by atoms with Gasteiger partial charge in [-0.25, -0.2) is 4.79 Å². The molecule has 0 saturated heterocycles. The second kappa shape index (κ2) is 4.10. The van der Waals surface area contributed by atoms with Crippen LogP contribution < -0.4 is 5.73 Å². The van der Waals surface area contributed by atoms with Crippen molar-refractivity contribution in [1.29, 1.82) is 0 Å². The van der Waals surface area contributed by atoms with E-state index in [2.05, 4.69) is 0 Å². The van der Waals surface area contributed by atoms with Crippen LogP contribution in [0.5, 0.6) is 0 Å². The molecule has 0 spiro atoms. The third kappa shape index (κ3) is 1.65. The zero-order valence-corrected chi connectivity index (χ0v) is 8.88. The molecule has 0 amide bonds. The van der Waals surface area contributed by atoms with Crippen molar-refractivity contribution in [3.63, 3.8) is 0 Å². The van der Waals surface area contributed by atoms with Gasteiger partial charge in [0.25, 0.3) is 0 Å². The number of esters is 1. The summed E-state index contributed by atoms with van der Waals surface area (Å²) in [6.45, 7) is 0. The first kappa shape index (κ1) is 10.3. The maximum atomic E-state index is 11.5. The fourth-order valence-electron chi connectivity index (χ4n) is 1.57. The third-order valence-electron chi connectivity index (χ3n) is 2.34. The lowest BCUT2D eigenvalue weighted by Gasteiger charge is -2.09. The van der Waals surface area contributed by atoms with E-state index in [9.17, 15) is 4.79 Å². The van der Waals surface area contributed by atoms with Gasteiger partial charge in [-0.15, -0.1) is 0 Å². The van der Waals surface area contributed by atoms with Crippen molar-refractivity contribution >= 4 is 11.7 Å². The number of hydrogen-bond acceptors (Lipinski definition) is 3. The molecule has 0 radical (unpaired) electrons. The lowest BCUT2D eigenvalue weighted by Crippen LogP contribution is -2.09. The Balaban J connectivity index is 2.53. The van der Waals surface area contributed by atoms with Crippen molar-refractivity contribution in [2.75, 3.05) is 12.8 Å². The molecule has 2 rings (SSSR count). The summed E-state index contributed by atoms with van der Waals surface area (Å²) in [6.07, 6.45) is 1.78. The molecule has 0 saturated carbocycles. The number of carbonyl (C=O) groups excluding carboxylic acids is 1. The number of carbonyl (C=O) groups is 1. The van der Waals surface area contributed by atoms with E-state index in [0.29, 0.717) is 11.4 Å². The second-order valence-corrected chi connectivity index (χ2v) is 3.31. The maximum Gasteiger partial charge on any atom is 0.355 e. The summed E-state index contributed by atoms with van der Waals surface area (Å²) in [4.78, 5) is 11.5. The molecule has 0 aliphatic carbocycles. The Hall–Kier alpha value is -2.23. The SMILES string of the molecule is COC(=O)c1cccn1-c1ccccc1N. The number of aromatic nitrogens is 1. The first-order valence-corrected chi connectivity index (χ1v) is 4.84. The Kier molecular flexibility index (Phi) is 2.64. The van der Waals surface area contributed by atoms with E-state index in [0.717, 1.165) is 5.69 Å². The van der Waals surface area contributed by atoms with Crippen LogP contribution in [0.4, 0.5) is 5.69 Å². The molecular weight excluding hydrogens is 204 g/mol. The Morgan fingerprint density at radius 3 is 2.69 bits per heavy atom. The van der Waals surface area contributed by atoms with Crippen LogP contribution in [0.15, 0.2) is 42.6 Å². The Labute approximate surface area is 93.3 Å². The van der Waals surface area contributed by atoms with E-state index in [-0.39, 0.29) is 5.97 Å². The normalized spacial score (nSPS) is 10.1. The maximum absolute atomic E-state index is 11.5. The minimum Gasteiger partial charge on any atom is -0.464 e. The number of nitrogen functional groups attached to an aromatic ring is 1. The second-order valence-electron chi connectivity index (χ2n) is 3.31. The van der Waals surface area contributed by atoms with Crippen molar-refractivity contribution in [2.24, 2.45) is 0 Å². The molecule has 4 heteroatoms. The van der Waals surface area contributed by atoms with Crippen LogP contribution in [0.25, 0.3) is 5.69 Å². The van der Waals surface area contributed by atoms with Crippen LogP contribution in [-0.2, 0) is 4.74 Å². The van der Waals surface area contributed by atoms with Crippen molar-refractivity contribution in [3.05, 3.63) is 48.3 Å². The summed E-state index contributed by atoms with van der Waals surface area (Å²) in [5, 5.41) is 0. The number of methoxy groups -OCH3 is 1. The quantitative estimate of drug-likeness (QED) is 0.615. The van der Waals surface area contributed by atoms with E-state index in [1.165, 1.54) is 7.11 Å². The van der Waals surface area contributed by atoms with Gasteiger partial charge in [0.15, 0.2) is 0 Å². The molecule has 0 aliphatic heterocycles. The average molecular weight is 216 g/mol. The van der Waals surface area contributed by atoms with Gasteiger partial charge in [0.1, 0.15) is 5.69 Å². The zero-order valence-electron chi connectivity index (χ0n) is 8.88. The lowest BCUT2D eigenvalue weighted by molar-refractivity contribution is 0.0592. The predicted molar refractivity (Wildman–Crippen MR) is 61.5 cm³/mol. The lowest BCUT2D eigenvalue weighted by atomic mass is 10.2. The summed E-state index contributed by atoms with van der Waals surface area (Å²) in [7, 11) is 1.36. The Morgan fingerprint density at radius 1 is 1.25 bits per heavy atom. The van der Waals surface area contributed by atoms with Gasteiger partial charge < -0.3 is 15.0 Å². The molecule has 0 bridgehead atoms. The van der Waals surface area contributed by atoms with E-state index in [4.69, 9.17) is 10.5 Å². The van der Waals surface area contributed by atoms with Gasteiger partial charge in [0.2, 0.25) is 0 Å². The zero-order chi connectivity index (χ0) is 11.5. The molecule has 0 fully saturated rings. The Morgan fingerprint density at radius 2 is 2.00 bits per heavy atom. The van der Waals surface area contributed by atoms with Gasteiger partial charge in [-0.05, 0) is 24.3 Å². The number of rotatable bonds is 2. The first-order valence-electron chi connectivity index (χ1n) is 4.84. The van der Waals surface area contributed by atoms with Crippen LogP contribution in [0, 0.1) is 0 Å². The number of hydrogen-bond donors (Lipinski definition) is 1. The molecule has 4 nitrogen and oxygen atoms in total. The van der Waals surface area contributed by atoms with Crippen molar-refractivity contribution in [2.45, 2.75) is 0 Å². The van der Waals surface area contributed by atoms with Crippen molar-refractivity contribution in [1.82, 2.24) is 4.57 Å². The first-order chi connectivity index (χ1) is 7.74. The minimum absolute atomic E-state index is 0.381. The minimum atomic E-state index is -0.381. The van der Waals surface area contributed by atoms with Gasteiger partial charge >= 0.3 is 5.97 Å². The van der Waals surface area contributed by atoms with Gasteiger partial charge in [-0.1, -0.05) is 12.1 Å². The van der Waals surface area contributed by atoms with E-state index < -0.39 is 0 Å². The van der Waals surface area contributed by atoms with Crippen molar-refractivity contribution < 1.29 is 9.53 Å². The highest BCUT2D eigenvalue weighted by atomic mass is 16.5. The number of para-hydroxylation sites is 2. The van der Waals surface area contributed by atoms with Crippen molar-refractivity contribution in [3.8, 4) is 5.69 Å². The smallest absolute Gasteiger partial charge is 0.355 e. The van der Waals surface area contributed by atoms with Crippen LogP contribution in [0.2, 0.25) is 0 Å². The molecule has 1 heterocycles. The molecule has 2 aromatic rings. The predicted octanol–water partition coefficient (Wildman–Crippen LogP) is 1.85. The molecule has 0 atom stereocenters. The number of benzene rings is 1. The van der Waals surface area contributed by atoms with E-state index >= 15 is 0 Å². The molecular formula is C12H12N2O2. The third-order valence-corrected chi connectivity index (χ3v) is 2.34. The molecule has 2 N–H and O–H groups in total. The largest absolute Gasteiger partial charge is 0.464 e. The van der Waals surface area contributed by atoms with E-state index in [1.54, 1.807) is 29.0 Å². The molecule has 82 valence electrons. The molecule has 16 heavy (non-hydrogen) atoms. The number of nitrogens with zero attached hydrogens (tertiary/aromatic N) is 1.